The Kier molecular flexibility index (Phi) is 9.57. The molecule has 0 bridgehead atoms. The van der Waals surface area contributed by atoms with Crippen molar-refractivity contribution in [3.63, 3.8) is 0 Å². The van der Waals surface area contributed by atoms with Crippen LogP contribution in [0.5, 0.6) is 0 Å². The first-order valence-electron chi connectivity index (χ1n) is 10.4. The second kappa shape index (κ2) is 11.7. The summed E-state index contributed by atoms with van der Waals surface area (Å²) < 4.78 is 40.9. The van der Waals surface area contributed by atoms with Gasteiger partial charge in [-0.25, -0.2) is 0 Å². The van der Waals surface area contributed by atoms with E-state index in [1.54, 1.807) is 13.1 Å². The first-order valence-corrected chi connectivity index (χ1v) is 10.4. The second-order valence-corrected chi connectivity index (χ2v) is 7.66. The molecule has 1 unspecified atom stereocenters. The number of hydrogen-bond acceptors (Lipinski definition) is 3. The van der Waals surface area contributed by atoms with Crippen molar-refractivity contribution in [3.05, 3.63) is 47.0 Å². The number of alkyl halides is 3. The van der Waals surface area contributed by atoms with Crippen LogP contribution in [-0.4, -0.2) is 34.3 Å². The molecule has 0 saturated carbocycles. The Morgan fingerprint density at radius 3 is 2.74 bits per heavy atom. The van der Waals surface area contributed by atoms with E-state index in [0.29, 0.717) is 31.0 Å². The number of guanidine groups is 1. The summed E-state index contributed by atoms with van der Waals surface area (Å²) in [6.07, 6.45) is 0.830. The number of halogens is 4. The zero-order chi connectivity index (χ0) is 21.6. The SMILES string of the molecule is CN=C(NCCC(C)c1cccc(C(F)(F)F)c1)NCc1nnc2n1CCCCC2.I. The first-order chi connectivity index (χ1) is 14.4. The minimum absolute atomic E-state index is 0. The minimum atomic E-state index is -4.32. The van der Waals surface area contributed by atoms with Crippen LogP contribution in [0.4, 0.5) is 13.2 Å². The Balaban J connectivity index is 0.00000341. The van der Waals surface area contributed by atoms with E-state index in [9.17, 15) is 13.2 Å². The van der Waals surface area contributed by atoms with Gasteiger partial charge in [0, 0.05) is 26.6 Å². The fraction of sp³-hybridized carbons (Fsp3) is 0.571. The molecule has 0 fully saturated rings. The molecular weight excluding hydrogens is 520 g/mol. The van der Waals surface area contributed by atoms with Gasteiger partial charge in [0.05, 0.1) is 12.1 Å². The fourth-order valence-electron chi connectivity index (χ4n) is 3.65. The molecule has 1 aromatic carbocycles. The number of benzene rings is 1. The molecule has 1 aromatic heterocycles. The van der Waals surface area contributed by atoms with Crippen molar-refractivity contribution in [3.8, 4) is 0 Å². The van der Waals surface area contributed by atoms with Crippen LogP contribution >= 0.6 is 24.0 Å². The van der Waals surface area contributed by atoms with Gasteiger partial charge in [0.2, 0.25) is 0 Å². The lowest BCUT2D eigenvalue weighted by molar-refractivity contribution is -0.137. The number of aliphatic imine (C=N–C) groups is 1. The summed E-state index contributed by atoms with van der Waals surface area (Å²) in [7, 11) is 1.69. The van der Waals surface area contributed by atoms with E-state index in [0.717, 1.165) is 43.5 Å². The van der Waals surface area contributed by atoms with Crippen LogP contribution in [0.25, 0.3) is 0 Å². The predicted molar refractivity (Wildman–Crippen MR) is 126 cm³/mol. The molecule has 0 radical (unpaired) electrons. The summed E-state index contributed by atoms with van der Waals surface area (Å²) >= 11 is 0. The monoisotopic (exact) mass is 550 g/mol. The number of aromatic nitrogens is 3. The van der Waals surface area contributed by atoms with Crippen molar-refractivity contribution in [2.45, 2.75) is 64.2 Å². The Labute approximate surface area is 198 Å². The summed E-state index contributed by atoms with van der Waals surface area (Å²) in [6, 6.07) is 5.54. The molecule has 172 valence electrons. The number of aryl methyl sites for hydroxylation is 1. The molecule has 2 N–H and O–H groups in total. The average molecular weight is 550 g/mol. The summed E-state index contributed by atoms with van der Waals surface area (Å²) in [6.45, 7) is 3.99. The lowest BCUT2D eigenvalue weighted by Gasteiger charge is -2.16. The predicted octanol–water partition coefficient (Wildman–Crippen LogP) is 4.50. The van der Waals surface area contributed by atoms with Crippen LogP contribution in [0.2, 0.25) is 0 Å². The number of hydrogen-bond donors (Lipinski definition) is 2. The fourth-order valence-corrected chi connectivity index (χ4v) is 3.65. The molecule has 0 amide bonds. The molecule has 31 heavy (non-hydrogen) atoms. The van der Waals surface area contributed by atoms with Gasteiger partial charge < -0.3 is 15.2 Å². The lowest BCUT2D eigenvalue weighted by atomic mass is 9.96. The van der Waals surface area contributed by atoms with Crippen molar-refractivity contribution in [1.82, 2.24) is 25.4 Å². The van der Waals surface area contributed by atoms with Crippen LogP contribution in [0.1, 0.15) is 61.3 Å². The maximum atomic E-state index is 12.9. The van der Waals surface area contributed by atoms with Crippen LogP contribution < -0.4 is 10.6 Å². The molecule has 1 aliphatic rings. The largest absolute Gasteiger partial charge is 0.416 e. The molecule has 2 aromatic rings. The van der Waals surface area contributed by atoms with Crippen molar-refractivity contribution >= 4 is 29.9 Å². The average Bonchev–Trinajstić information content (AvgIpc) is 2.95. The van der Waals surface area contributed by atoms with Gasteiger partial charge in [-0.05, 0) is 36.8 Å². The molecule has 3 rings (SSSR count). The van der Waals surface area contributed by atoms with E-state index in [4.69, 9.17) is 0 Å². The Morgan fingerprint density at radius 1 is 1.19 bits per heavy atom. The highest BCUT2D eigenvalue weighted by atomic mass is 127. The lowest BCUT2D eigenvalue weighted by Crippen LogP contribution is -2.38. The molecule has 2 heterocycles. The molecule has 1 aliphatic heterocycles. The molecular formula is C21H30F3IN6. The standard InChI is InChI=1S/C21H29F3N6.HI/c1-15(16-7-6-8-17(13-16)21(22,23)24)10-11-26-20(25-2)27-14-19-29-28-18-9-4-3-5-12-30(18)19;/h6-8,13,15H,3-5,9-12,14H2,1-2H3,(H2,25,26,27);1H. The topological polar surface area (TPSA) is 67.1 Å². The number of fused-ring (bicyclic) bond motifs is 1. The van der Waals surface area contributed by atoms with Crippen LogP contribution in [0, 0.1) is 0 Å². The van der Waals surface area contributed by atoms with Crippen molar-refractivity contribution in [1.29, 1.82) is 0 Å². The molecule has 0 spiro atoms. The van der Waals surface area contributed by atoms with E-state index >= 15 is 0 Å². The quantitative estimate of drug-likeness (QED) is 0.316. The summed E-state index contributed by atoms with van der Waals surface area (Å²) in [5.74, 6) is 2.57. The Hall–Kier alpha value is -1.85. The van der Waals surface area contributed by atoms with Gasteiger partial charge >= 0.3 is 6.18 Å². The van der Waals surface area contributed by atoms with E-state index in [-0.39, 0.29) is 29.9 Å². The molecule has 6 nitrogen and oxygen atoms in total. The number of rotatable bonds is 6. The maximum absolute atomic E-state index is 12.9. The van der Waals surface area contributed by atoms with E-state index in [1.165, 1.54) is 18.6 Å². The van der Waals surface area contributed by atoms with Crippen LogP contribution in [0.15, 0.2) is 29.3 Å². The van der Waals surface area contributed by atoms with Crippen LogP contribution in [0.3, 0.4) is 0 Å². The highest BCUT2D eigenvalue weighted by Gasteiger charge is 2.30. The summed E-state index contributed by atoms with van der Waals surface area (Å²) in [5, 5.41) is 15.1. The van der Waals surface area contributed by atoms with Crippen molar-refractivity contribution in [2.24, 2.45) is 4.99 Å². The molecule has 10 heteroatoms. The maximum Gasteiger partial charge on any atom is 0.416 e. The van der Waals surface area contributed by atoms with E-state index in [1.807, 2.05) is 6.92 Å². The van der Waals surface area contributed by atoms with Gasteiger partial charge in [-0.3, -0.25) is 4.99 Å². The third-order valence-electron chi connectivity index (χ3n) is 5.48. The molecule has 0 aliphatic carbocycles. The minimum Gasteiger partial charge on any atom is -0.356 e. The zero-order valence-electron chi connectivity index (χ0n) is 17.9. The van der Waals surface area contributed by atoms with Crippen LogP contribution in [-0.2, 0) is 25.7 Å². The number of nitrogens with one attached hydrogen (secondary N) is 2. The van der Waals surface area contributed by atoms with Gasteiger partial charge in [0.1, 0.15) is 5.82 Å². The van der Waals surface area contributed by atoms with Gasteiger partial charge in [0.25, 0.3) is 0 Å². The number of nitrogens with zero attached hydrogens (tertiary/aromatic N) is 4. The molecule has 1 atom stereocenters. The van der Waals surface area contributed by atoms with Gasteiger partial charge in [-0.1, -0.05) is 31.5 Å². The van der Waals surface area contributed by atoms with Crippen molar-refractivity contribution < 1.29 is 13.2 Å². The van der Waals surface area contributed by atoms with E-state index in [2.05, 4.69) is 30.4 Å². The summed E-state index contributed by atoms with van der Waals surface area (Å²) in [4.78, 5) is 4.22. The smallest absolute Gasteiger partial charge is 0.356 e. The third-order valence-corrected chi connectivity index (χ3v) is 5.48. The zero-order valence-corrected chi connectivity index (χ0v) is 20.2. The first kappa shape index (κ1) is 25.4. The van der Waals surface area contributed by atoms with Gasteiger partial charge in [-0.2, -0.15) is 13.2 Å². The van der Waals surface area contributed by atoms with E-state index < -0.39 is 11.7 Å². The Morgan fingerprint density at radius 2 is 2.00 bits per heavy atom. The normalized spacial score (nSPS) is 15.5. The van der Waals surface area contributed by atoms with Gasteiger partial charge in [-0.15, -0.1) is 34.2 Å². The molecule has 0 saturated heterocycles. The van der Waals surface area contributed by atoms with Gasteiger partial charge in [0.15, 0.2) is 11.8 Å². The summed E-state index contributed by atoms with van der Waals surface area (Å²) in [5.41, 5.74) is 0.0745. The second-order valence-electron chi connectivity index (χ2n) is 7.66. The highest BCUT2D eigenvalue weighted by molar-refractivity contribution is 14.0. The highest BCUT2D eigenvalue weighted by Crippen LogP contribution is 2.31. The Bertz CT molecular complexity index is 865. The van der Waals surface area contributed by atoms with Crippen molar-refractivity contribution in [2.75, 3.05) is 13.6 Å². The third kappa shape index (κ3) is 7.08.